The molecule has 0 unspecified atom stereocenters. The minimum Gasteiger partial charge on any atom is -0.236 e. The second kappa shape index (κ2) is 8.29. The molecule has 0 atom stereocenters. The van der Waals surface area contributed by atoms with E-state index in [1.165, 1.54) is 44.9 Å². The number of aromatic nitrogens is 4. The first-order valence-electron chi connectivity index (χ1n) is 8.61. The van der Waals surface area contributed by atoms with Gasteiger partial charge in [-0.3, -0.25) is 0 Å². The summed E-state index contributed by atoms with van der Waals surface area (Å²) >= 11 is 1.75. The fraction of sp³-hybridized carbons (Fsp3) is 0.500. The zero-order chi connectivity index (χ0) is 15.9. The molecule has 0 bridgehead atoms. The molecule has 2 aromatic heterocycles. The van der Waals surface area contributed by atoms with Gasteiger partial charge in [0, 0.05) is 11.1 Å². The highest BCUT2D eigenvalue weighted by Crippen LogP contribution is 2.21. The van der Waals surface area contributed by atoms with E-state index < -0.39 is 0 Å². The maximum atomic E-state index is 4.67. The van der Waals surface area contributed by atoms with E-state index in [1.807, 2.05) is 18.2 Å². The van der Waals surface area contributed by atoms with Crippen molar-refractivity contribution in [2.45, 2.75) is 57.0 Å². The van der Waals surface area contributed by atoms with E-state index in [-0.39, 0.29) is 0 Å². The molecule has 1 aromatic carbocycles. The fourth-order valence-corrected chi connectivity index (χ4v) is 3.57. The van der Waals surface area contributed by atoms with Crippen LogP contribution in [-0.2, 0) is 0 Å². The molecule has 0 fully saturated rings. The first kappa shape index (κ1) is 16.2. The number of hydrogen-bond acceptors (Lipinski definition) is 4. The standard InChI is InChI=1S/C18H24N4S/c1-2-3-4-5-6-7-10-13-23-18-20-17-15-11-8-9-12-16(15)19-14-22(17)21-18/h8-9,11-12,14H,2-7,10,13H2,1H3. The van der Waals surface area contributed by atoms with Crippen molar-refractivity contribution in [2.75, 3.05) is 5.75 Å². The van der Waals surface area contributed by atoms with Gasteiger partial charge in [-0.15, -0.1) is 5.10 Å². The van der Waals surface area contributed by atoms with Gasteiger partial charge in [-0.05, 0) is 18.6 Å². The minimum atomic E-state index is 0.856. The Hall–Kier alpha value is -1.62. The summed E-state index contributed by atoms with van der Waals surface area (Å²) in [6.45, 7) is 2.26. The van der Waals surface area contributed by atoms with Gasteiger partial charge in [0.1, 0.15) is 6.33 Å². The highest BCUT2D eigenvalue weighted by Gasteiger charge is 2.08. The van der Waals surface area contributed by atoms with Gasteiger partial charge >= 0.3 is 0 Å². The van der Waals surface area contributed by atoms with Crippen LogP contribution in [0.5, 0.6) is 0 Å². The predicted molar refractivity (Wildman–Crippen MR) is 97.0 cm³/mol. The molecule has 0 aliphatic carbocycles. The lowest BCUT2D eigenvalue weighted by molar-refractivity contribution is 0.603. The number of para-hydroxylation sites is 1. The van der Waals surface area contributed by atoms with E-state index in [2.05, 4.69) is 28.1 Å². The summed E-state index contributed by atoms with van der Waals surface area (Å²) in [4.78, 5) is 9.09. The normalized spacial score (nSPS) is 11.5. The Bertz CT molecular complexity index is 753. The maximum Gasteiger partial charge on any atom is 0.209 e. The van der Waals surface area contributed by atoms with Gasteiger partial charge in [0.15, 0.2) is 5.65 Å². The molecule has 0 radical (unpaired) electrons. The van der Waals surface area contributed by atoms with Crippen LogP contribution in [0.2, 0.25) is 0 Å². The van der Waals surface area contributed by atoms with Crippen LogP contribution < -0.4 is 0 Å². The molecule has 122 valence electrons. The first-order valence-corrected chi connectivity index (χ1v) is 9.60. The van der Waals surface area contributed by atoms with Crippen LogP contribution in [0.1, 0.15) is 51.9 Å². The summed E-state index contributed by atoms with van der Waals surface area (Å²) in [5.74, 6) is 1.09. The van der Waals surface area contributed by atoms with Gasteiger partial charge < -0.3 is 0 Å². The maximum absolute atomic E-state index is 4.67. The third-order valence-electron chi connectivity index (χ3n) is 4.04. The monoisotopic (exact) mass is 328 g/mol. The molecule has 3 aromatic rings. The quantitative estimate of drug-likeness (QED) is 0.404. The Kier molecular flexibility index (Phi) is 5.86. The van der Waals surface area contributed by atoms with Crippen LogP contribution in [-0.4, -0.2) is 25.3 Å². The van der Waals surface area contributed by atoms with E-state index in [1.54, 1.807) is 22.6 Å². The lowest BCUT2D eigenvalue weighted by atomic mass is 10.1. The zero-order valence-electron chi connectivity index (χ0n) is 13.7. The Labute approximate surface area is 141 Å². The molecular weight excluding hydrogens is 304 g/mol. The van der Waals surface area contributed by atoms with E-state index in [4.69, 9.17) is 0 Å². The molecule has 0 amide bonds. The third kappa shape index (κ3) is 4.22. The van der Waals surface area contributed by atoms with E-state index in [0.717, 1.165) is 27.5 Å². The summed E-state index contributed by atoms with van der Waals surface area (Å²) in [5.41, 5.74) is 1.87. The summed E-state index contributed by atoms with van der Waals surface area (Å²) in [6.07, 6.45) is 11.1. The van der Waals surface area contributed by atoms with Gasteiger partial charge in [0.05, 0.1) is 5.52 Å². The van der Waals surface area contributed by atoms with Gasteiger partial charge in [-0.2, -0.15) is 0 Å². The third-order valence-corrected chi connectivity index (χ3v) is 4.97. The number of fused-ring (bicyclic) bond motifs is 3. The Balaban J connectivity index is 1.52. The van der Waals surface area contributed by atoms with Gasteiger partial charge in [-0.1, -0.05) is 69.3 Å². The van der Waals surface area contributed by atoms with Crippen molar-refractivity contribution in [1.29, 1.82) is 0 Å². The number of thioether (sulfide) groups is 1. The summed E-state index contributed by atoms with van der Waals surface area (Å²) in [6, 6.07) is 8.08. The fourth-order valence-electron chi connectivity index (χ4n) is 2.74. The molecule has 4 nitrogen and oxygen atoms in total. The van der Waals surface area contributed by atoms with Crippen LogP contribution in [0.15, 0.2) is 35.7 Å². The number of nitrogens with zero attached hydrogens (tertiary/aromatic N) is 4. The van der Waals surface area contributed by atoms with Crippen LogP contribution >= 0.6 is 11.8 Å². The van der Waals surface area contributed by atoms with Crippen molar-refractivity contribution in [2.24, 2.45) is 0 Å². The van der Waals surface area contributed by atoms with Crippen LogP contribution in [0.4, 0.5) is 0 Å². The average molecular weight is 328 g/mol. The molecule has 0 N–H and O–H groups in total. The number of hydrogen-bond donors (Lipinski definition) is 0. The van der Waals surface area contributed by atoms with Crippen molar-refractivity contribution in [3.8, 4) is 0 Å². The van der Waals surface area contributed by atoms with Gasteiger partial charge in [-0.25, -0.2) is 14.5 Å². The average Bonchev–Trinajstić information content (AvgIpc) is 3.01. The number of rotatable bonds is 9. The van der Waals surface area contributed by atoms with Crippen molar-refractivity contribution < 1.29 is 0 Å². The molecular formula is C18H24N4S. The molecule has 0 aliphatic heterocycles. The molecule has 2 heterocycles. The Morgan fingerprint density at radius 3 is 2.65 bits per heavy atom. The van der Waals surface area contributed by atoms with Crippen molar-refractivity contribution in [1.82, 2.24) is 19.6 Å². The minimum absolute atomic E-state index is 0.856. The smallest absolute Gasteiger partial charge is 0.209 e. The first-order chi connectivity index (χ1) is 11.4. The number of benzene rings is 1. The Morgan fingerprint density at radius 1 is 1.00 bits per heavy atom. The lowest BCUT2D eigenvalue weighted by Gasteiger charge is -1.99. The summed E-state index contributed by atoms with van der Waals surface area (Å²) < 4.78 is 1.79. The topological polar surface area (TPSA) is 43.1 Å². The molecule has 23 heavy (non-hydrogen) atoms. The van der Waals surface area contributed by atoms with E-state index in [9.17, 15) is 0 Å². The molecule has 0 saturated carbocycles. The van der Waals surface area contributed by atoms with Crippen molar-refractivity contribution in [3.05, 3.63) is 30.6 Å². The SMILES string of the molecule is CCCCCCCCCSc1nc2c3ccccc3ncn2n1. The van der Waals surface area contributed by atoms with Crippen LogP contribution in [0.3, 0.4) is 0 Å². The van der Waals surface area contributed by atoms with Gasteiger partial charge in [0.2, 0.25) is 5.16 Å². The predicted octanol–water partition coefficient (Wildman–Crippen LogP) is 5.12. The summed E-state index contributed by atoms with van der Waals surface area (Å²) in [7, 11) is 0. The van der Waals surface area contributed by atoms with Crippen molar-refractivity contribution in [3.63, 3.8) is 0 Å². The van der Waals surface area contributed by atoms with Crippen LogP contribution in [0.25, 0.3) is 16.6 Å². The largest absolute Gasteiger partial charge is 0.236 e. The van der Waals surface area contributed by atoms with Gasteiger partial charge in [0.25, 0.3) is 0 Å². The second-order valence-electron chi connectivity index (χ2n) is 5.89. The Morgan fingerprint density at radius 2 is 1.78 bits per heavy atom. The van der Waals surface area contributed by atoms with Crippen LogP contribution in [0, 0.1) is 0 Å². The second-order valence-corrected chi connectivity index (χ2v) is 6.96. The molecule has 0 aliphatic rings. The highest BCUT2D eigenvalue weighted by molar-refractivity contribution is 7.99. The van der Waals surface area contributed by atoms with E-state index >= 15 is 0 Å². The molecule has 3 rings (SSSR count). The molecule has 0 saturated heterocycles. The van der Waals surface area contributed by atoms with E-state index in [0.29, 0.717) is 0 Å². The molecule has 0 spiro atoms. The highest BCUT2D eigenvalue weighted by atomic mass is 32.2. The zero-order valence-corrected chi connectivity index (χ0v) is 14.6. The van der Waals surface area contributed by atoms with Crippen molar-refractivity contribution >= 4 is 28.3 Å². The lowest BCUT2D eigenvalue weighted by Crippen LogP contribution is -1.90. The summed E-state index contributed by atoms with van der Waals surface area (Å²) in [5, 5.41) is 6.44. The molecule has 5 heteroatoms. The number of unbranched alkanes of at least 4 members (excludes halogenated alkanes) is 6.